The number of nitro groups is 3. The van der Waals surface area contributed by atoms with Crippen molar-refractivity contribution in [1.29, 1.82) is 10.5 Å². The minimum absolute atomic E-state index is 0.0114. The number of hydrogen-bond acceptors (Lipinski definition) is 30. The number of nitrogens with one attached hydrogen (secondary N) is 5. The molecule has 0 unspecified atom stereocenters. The number of nitrogens with two attached hydrogens (primary N) is 3. The van der Waals surface area contributed by atoms with Crippen LogP contribution in [0.4, 0.5) is 80.0 Å². The number of ether oxygens (including phenoxy) is 2. The molecule has 680 valence electrons. The van der Waals surface area contributed by atoms with E-state index in [1.54, 1.807) is 63.5 Å². The molecule has 5 heterocycles. The number of benzene rings is 9. The van der Waals surface area contributed by atoms with Crippen molar-refractivity contribution < 1.29 is 33.8 Å². The maximum absolute atomic E-state index is 12.5. The summed E-state index contributed by atoms with van der Waals surface area (Å²) in [5.74, 6) is 12.0. The standard InChI is InChI=1S/C23H24N6O.C16H10N4O2.C16H12N4.C10H10N4O2.C8H7N.C7H5N3O2.C5H12N2.C5H13NO2.C2H2Cl2O.2ClH.Sn/c1-3-17-5-4-6-18(13-17)27-23-20-14-19(7-8-21(20)24-16-25-23)26-22(30)15-29-11-9-28(2)10-12-29;1-2-11-4-3-5-12(8-11)19-16-14-9-13(20(21)22)6-7-15(14)17-10-18-16;1-2-11-4-3-5-13(8-11)20-16-14-9-12(17)6-7-15(14)18-10-19-16;1-13(2)7-12-10-4-3-9(14(15)16)5-8(10)6-11;1-2-7-4-3-5-8(9)6-7;8-4-5-3-6(10(11)12)1-2-7(5)9;1-7-4-2-6-3-5-7;1-6(2)5(7-3)8-4;3-1-2(4)5;;;/h1,4-8,13-14,16H,9-12,15H2,2H3,(H,26,30)(H,24,25,27);1,3-10H,(H,17,18,19);1,3-10H,17H2,(H,18,19,20);3-5,7H,1-2H3;1,3-6H,9H2;1-3H,9H2;6H,2-5H2,1H3;5H,1-4H3;1H2;2*1H;/q;;;;;;;;;;;+2/p-2. The number of nitrogen functional groups attached to an aromatic ring is 3. The molecule has 11 N–H and O–H groups in total. The number of rotatable bonds is 18. The number of terminal acetylenes is 4. The first kappa shape index (κ1) is 108. The van der Waals surface area contributed by atoms with Crippen LogP contribution >= 0.6 is 41.0 Å². The van der Waals surface area contributed by atoms with Gasteiger partial charge in [-0.1, -0.05) is 47.9 Å². The van der Waals surface area contributed by atoms with Gasteiger partial charge >= 0.3 is 36.7 Å². The van der Waals surface area contributed by atoms with E-state index >= 15 is 0 Å². The van der Waals surface area contributed by atoms with E-state index in [0.717, 1.165) is 112 Å². The number of nitriles is 2. The predicted molar refractivity (Wildman–Crippen MR) is 527 cm³/mol. The van der Waals surface area contributed by atoms with E-state index in [2.05, 4.69) is 114 Å². The van der Waals surface area contributed by atoms with Gasteiger partial charge < -0.3 is 68.0 Å². The number of amides is 1. The number of alkyl halides is 1. The second kappa shape index (κ2) is 58.9. The fraction of sp³-hybridized carbons (Fsp3) is 0.207. The van der Waals surface area contributed by atoms with Crippen molar-refractivity contribution in [2.24, 2.45) is 4.99 Å². The molecule has 2 radical (unpaired) electrons. The Hall–Kier alpha value is -14.5. The fourth-order valence-electron chi connectivity index (χ4n) is 11.2. The van der Waals surface area contributed by atoms with Crippen molar-refractivity contribution in [2.45, 2.75) is 6.41 Å². The molecule has 2 saturated heterocycles. The number of piperazine rings is 2. The minimum atomic E-state index is -0.826. The second-order valence-corrected chi connectivity index (χ2v) is 32.8. The van der Waals surface area contributed by atoms with Gasteiger partial charge in [-0.15, -0.1) is 37.3 Å². The van der Waals surface area contributed by atoms with Gasteiger partial charge in [-0.05, 0) is 167 Å². The number of carbonyl (C=O) groups is 2. The molecule has 40 heteroatoms. The molecule has 132 heavy (non-hydrogen) atoms. The molecule has 12 aromatic rings. The second-order valence-electron chi connectivity index (χ2n) is 27.9. The van der Waals surface area contributed by atoms with Crippen LogP contribution in [0.1, 0.15) is 33.4 Å². The normalized spacial score (nSPS) is 11.7. The van der Waals surface area contributed by atoms with Gasteiger partial charge in [0.2, 0.25) is 17.6 Å². The van der Waals surface area contributed by atoms with Crippen molar-refractivity contribution >= 4 is 190 Å². The van der Waals surface area contributed by atoms with E-state index in [9.17, 15) is 39.9 Å². The maximum atomic E-state index is 12.5. The van der Waals surface area contributed by atoms with E-state index in [0.29, 0.717) is 52.0 Å². The number of halogens is 4. The van der Waals surface area contributed by atoms with Gasteiger partial charge in [0.1, 0.15) is 48.6 Å². The first-order valence-corrected chi connectivity index (χ1v) is 47.3. The van der Waals surface area contributed by atoms with Gasteiger partial charge in [-0.3, -0.25) is 49.7 Å². The van der Waals surface area contributed by atoms with Crippen molar-refractivity contribution in [3.8, 4) is 61.5 Å². The molecule has 3 aromatic heterocycles. The number of nitro benzene ring substituents is 3. The Balaban J connectivity index is 0.000000274. The van der Waals surface area contributed by atoms with Crippen LogP contribution in [0.15, 0.2) is 212 Å². The summed E-state index contributed by atoms with van der Waals surface area (Å²) in [4.78, 5) is 91.9. The molecule has 0 spiro atoms. The van der Waals surface area contributed by atoms with Crippen molar-refractivity contribution in [2.75, 3.05) is 160 Å². The number of fused-ring (bicyclic) bond motifs is 3. The number of anilines is 10. The Kier molecular flexibility index (Phi) is 48.2. The molecule has 2 fully saturated rings. The van der Waals surface area contributed by atoms with Crippen LogP contribution in [0.5, 0.6) is 0 Å². The number of aliphatic imine (C=N–C) groups is 1. The molecule has 0 saturated carbocycles. The van der Waals surface area contributed by atoms with E-state index in [4.69, 9.17) is 104 Å². The molecule has 9 aromatic carbocycles. The van der Waals surface area contributed by atoms with E-state index in [1.807, 2.05) is 140 Å². The van der Waals surface area contributed by atoms with Gasteiger partial charge in [-0.25, -0.2) is 34.9 Å². The molecule has 14 rings (SSSR count). The number of hydrogen-bond donors (Lipinski definition) is 8. The first-order chi connectivity index (χ1) is 63.3. The first-order valence-electron chi connectivity index (χ1n) is 39.2. The molecule has 35 nitrogen and oxygen atoms in total. The van der Waals surface area contributed by atoms with Gasteiger partial charge in [0.05, 0.1) is 66.9 Å². The third-order valence-electron chi connectivity index (χ3n) is 17.7. The van der Waals surface area contributed by atoms with Crippen LogP contribution in [-0.2, 0) is 19.1 Å². The topological polar surface area (TPSA) is 474 Å². The third-order valence-corrected chi connectivity index (χ3v) is 18.2. The molecular formula is C92H95Cl4N25O10Sn. The zero-order valence-electron chi connectivity index (χ0n) is 73.1. The SMILES string of the molecule is C#Cc1cccc(N)c1.C#Cc1cccc(Nc2ncnc3ccc(N)cc23)c1.C#Cc1cccc(Nc2ncnc3ccc(NC(=O)CN4CCN(C)CC4)cc23)c1.C#Cc1cccc(Nc2ncnc3ccc([N+](=O)[O-])cc23)c1.CN(C)C=Nc1ccc([N+](=O)[O-])cc1C#N.CN1CCNCC1.COC(OC)N(C)C.N#Cc1cc([N+](=O)[O-])ccc1N.O=C(Cl)CCl.[Cl][Sn][Cl]. The summed E-state index contributed by atoms with van der Waals surface area (Å²) in [6.45, 7) is 8.90. The predicted octanol–water partition coefficient (Wildman–Crippen LogP) is 14.4. The number of non-ortho nitro benzene ring substituents is 3. The summed E-state index contributed by atoms with van der Waals surface area (Å²) in [5, 5.41) is 66.6. The number of methoxy groups -OCH3 is 2. The Labute approximate surface area is 792 Å². The van der Waals surface area contributed by atoms with Crippen LogP contribution in [0.2, 0.25) is 0 Å². The van der Waals surface area contributed by atoms with Crippen LogP contribution in [0.25, 0.3) is 32.7 Å². The van der Waals surface area contributed by atoms with Crippen molar-refractivity contribution in [1.82, 2.24) is 59.7 Å². The number of aromatic nitrogens is 6. The zero-order chi connectivity index (χ0) is 97.0. The monoisotopic (exact) mass is 1970 g/mol. The average molecular weight is 1970 g/mol. The van der Waals surface area contributed by atoms with Gasteiger partial charge in [-0.2, -0.15) is 10.5 Å². The van der Waals surface area contributed by atoms with Gasteiger partial charge in [0, 0.05) is 195 Å². The van der Waals surface area contributed by atoms with Crippen molar-refractivity contribution in [3.05, 3.63) is 271 Å². The van der Waals surface area contributed by atoms with E-state index < -0.39 is 38.9 Å². The number of carbonyl (C=O) groups excluding carboxylic acids is 2. The fourth-order valence-corrected chi connectivity index (χ4v) is 11.2. The molecule has 0 bridgehead atoms. The summed E-state index contributed by atoms with van der Waals surface area (Å²) in [6.07, 6.45) is 27.1. The van der Waals surface area contributed by atoms with Crippen LogP contribution in [0, 0.1) is 102 Å². The van der Waals surface area contributed by atoms with E-state index in [1.165, 1.54) is 80.9 Å². The number of nitrogens with zero attached hydrogens (tertiary/aromatic N) is 17. The summed E-state index contributed by atoms with van der Waals surface area (Å²) in [6, 6.07) is 56.7. The van der Waals surface area contributed by atoms with Gasteiger partial charge in [0.25, 0.3) is 17.1 Å². The van der Waals surface area contributed by atoms with Gasteiger partial charge in [0.15, 0.2) is 0 Å². The zero-order valence-corrected chi connectivity index (χ0v) is 79.0. The summed E-state index contributed by atoms with van der Waals surface area (Å²) >= 11 is 8.72. The summed E-state index contributed by atoms with van der Waals surface area (Å²) in [7, 11) is 24.7. The molecular weight excluding hydrogens is 1880 g/mol. The van der Waals surface area contributed by atoms with Crippen LogP contribution in [-0.4, -0.2) is 233 Å². The molecule has 1 amide bonds. The molecule has 0 atom stereocenters. The van der Waals surface area contributed by atoms with E-state index in [-0.39, 0.29) is 52.1 Å². The Morgan fingerprint density at radius 3 is 1.33 bits per heavy atom. The quantitative estimate of drug-likeness (QED) is 0.00378. The third kappa shape index (κ3) is 38.8. The molecule has 0 aliphatic carbocycles. The Morgan fingerprint density at radius 2 is 0.939 bits per heavy atom. The number of likely N-dealkylation sites (N-methyl/N-ethyl adjacent to an activating group) is 2. The Morgan fingerprint density at radius 1 is 0.545 bits per heavy atom. The van der Waals surface area contributed by atoms with Crippen LogP contribution in [0.3, 0.4) is 0 Å². The Bertz CT molecular complexity index is 6150. The molecule has 2 aliphatic rings. The average Bonchev–Trinajstić information content (AvgIpc) is 0.798. The molecule has 2 aliphatic heterocycles. The summed E-state index contributed by atoms with van der Waals surface area (Å²) in [5.41, 5.74) is 27.3. The van der Waals surface area contributed by atoms with Crippen molar-refractivity contribution in [3.63, 3.8) is 0 Å². The summed E-state index contributed by atoms with van der Waals surface area (Å²) < 4.78 is 9.73. The van der Waals surface area contributed by atoms with Crippen LogP contribution < -0.4 is 43.8 Å².